The van der Waals surface area contributed by atoms with E-state index in [1.807, 2.05) is 6.92 Å². The van der Waals surface area contributed by atoms with Crippen molar-refractivity contribution in [3.63, 3.8) is 0 Å². The van der Waals surface area contributed by atoms with Gasteiger partial charge in [-0.15, -0.1) is 0 Å². The van der Waals surface area contributed by atoms with Gasteiger partial charge in [0.05, 0.1) is 18.1 Å². The number of benzene rings is 1. The molecular formula is C16H18F2N6O2S. The van der Waals surface area contributed by atoms with E-state index in [-0.39, 0.29) is 13.1 Å². The molecule has 0 bridgehead atoms. The van der Waals surface area contributed by atoms with E-state index in [1.54, 1.807) is 6.20 Å². The molecule has 8 nitrogen and oxygen atoms in total. The first-order valence-electron chi connectivity index (χ1n) is 8.27. The van der Waals surface area contributed by atoms with Crippen molar-refractivity contribution < 1.29 is 17.2 Å². The third-order valence-electron chi connectivity index (χ3n) is 3.78. The van der Waals surface area contributed by atoms with Crippen LogP contribution in [-0.2, 0) is 16.6 Å². The number of sulfonamides is 1. The summed E-state index contributed by atoms with van der Waals surface area (Å²) < 4.78 is 54.8. The normalized spacial score (nSPS) is 11.8. The molecule has 0 spiro atoms. The van der Waals surface area contributed by atoms with Crippen molar-refractivity contribution in [1.29, 1.82) is 0 Å². The molecule has 0 aliphatic heterocycles. The maximum atomic E-state index is 13.7. The summed E-state index contributed by atoms with van der Waals surface area (Å²) >= 11 is 0. The molecule has 1 aromatic carbocycles. The molecule has 3 aromatic rings. The maximum Gasteiger partial charge on any atom is 0.243 e. The summed E-state index contributed by atoms with van der Waals surface area (Å²) in [7, 11) is -4.11. The van der Waals surface area contributed by atoms with Gasteiger partial charge < -0.3 is 5.32 Å². The second-order valence-corrected chi connectivity index (χ2v) is 7.46. The van der Waals surface area contributed by atoms with Crippen LogP contribution in [0.1, 0.15) is 13.3 Å². The van der Waals surface area contributed by atoms with Crippen molar-refractivity contribution in [2.24, 2.45) is 0 Å². The van der Waals surface area contributed by atoms with E-state index in [0.29, 0.717) is 17.5 Å². The van der Waals surface area contributed by atoms with Gasteiger partial charge in [0.25, 0.3) is 0 Å². The van der Waals surface area contributed by atoms with Crippen LogP contribution in [-0.4, -0.2) is 41.3 Å². The Morgan fingerprint density at radius 1 is 1.19 bits per heavy atom. The summed E-state index contributed by atoms with van der Waals surface area (Å²) in [5.41, 5.74) is 0.552. The van der Waals surface area contributed by atoms with E-state index in [4.69, 9.17) is 0 Å². The van der Waals surface area contributed by atoms with Crippen LogP contribution in [0.3, 0.4) is 0 Å². The first-order chi connectivity index (χ1) is 12.9. The van der Waals surface area contributed by atoms with Crippen LogP contribution in [0.15, 0.2) is 35.6 Å². The molecule has 2 heterocycles. The van der Waals surface area contributed by atoms with Crippen molar-refractivity contribution in [3.8, 4) is 0 Å². The number of nitrogens with one attached hydrogen (secondary N) is 2. The highest BCUT2D eigenvalue weighted by Gasteiger charge is 2.19. The molecule has 0 saturated heterocycles. The number of halogens is 2. The van der Waals surface area contributed by atoms with Gasteiger partial charge in [0.15, 0.2) is 5.65 Å². The highest BCUT2D eigenvalue weighted by Crippen LogP contribution is 2.19. The van der Waals surface area contributed by atoms with Gasteiger partial charge in [-0.1, -0.05) is 6.92 Å². The fraction of sp³-hybridized carbons (Fsp3) is 0.312. The van der Waals surface area contributed by atoms with Crippen LogP contribution in [0.25, 0.3) is 11.0 Å². The van der Waals surface area contributed by atoms with E-state index in [1.165, 1.54) is 11.0 Å². The zero-order valence-electron chi connectivity index (χ0n) is 14.5. The van der Waals surface area contributed by atoms with Crippen molar-refractivity contribution in [2.75, 3.05) is 18.4 Å². The molecule has 0 atom stereocenters. The van der Waals surface area contributed by atoms with Gasteiger partial charge in [-0.3, -0.25) is 0 Å². The fourth-order valence-electron chi connectivity index (χ4n) is 2.50. The Morgan fingerprint density at radius 2 is 2.00 bits per heavy atom. The third-order valence-corrected chi connectivity index (χ3v) is 5.27. The van der Waals surface area contributed by atoms with Crippen molar-refractivity contribution >= 4 is 26.9 Å². The quantitative estimate of drug-likeness (QED) is 0.603. The lowest BCUT2D eigenvalue weighted by molar-refractivity contribution is 0.537. The topological polar surface area (TPSA) is 102 Å². The minimum Gasteiger partial charge on any atom is -0.369 e. The number of nitrogens with zero attached hydrogens (tertiary/aromatic N) is 4. The molecule has 2 N–H and O–H groups in total. The van der Waals surface area contributed by atoms with Gasteiger partial charge >= 0.3 is 0 Å². The molecular weight excluding hydrogens is 378 g/mol. The van der Waals surface area contributed by atoms with Crippen molar-refractivity contribution in [1.82, 2.24) is 24.5 Å². The molecule has 144 valence electrons. The number of fused-ring (bicyclic) bond motifs is 1. The molecule has 0 aliphatic rings. The molecule has 0 saturated carbocycles. The van der Waals surface area contributed by atoms with E-state index in [0.717, 1.165) is 30.5 Å². The Bertz CT molecular complexity index is 1050. The van der Waals surface area contributed by atoms with Crippen LogP contribution >= 0.6 is 0 Å². The summed E-state index contributed by atoms with van der Waals surface area (Å²) in [6.07, 6.45) is 3.93. The molecule has 0 radical (unpaired) electrons. The van der Waals surface area contributed by atoms with Crippen LogP contribution in [0, 0.1) is 11.6 Å². The number of hydrogen-bond donors (Lipinski definition) is 2. The monoisotopic (exact) mass is 396 g/mol. The van der Waals surface area contributed by atoms with Gasteiger partial charge in [-0.25, -0.2) is 36.6 Å². The second kappa shape index (κ2) is 7.92. The lowest BCUT2D eigenvalue weighted by Gasteiger charge is -2.08. The average molecular weight is 396 g/mol. The minimum atomic E-state index is -4.11. The predicted octanol–water partition coefficient (Wildman–Crippen LogP) is 1.90. The van der Waals surface area contributed by atoms with E-state index >= 15 is 0 Å². The molecule has 0 fully saturated rings. The standard InChI is InChI=1S/C16H18F2N6O2S/c1-2-5-19-15-12-9-22-24(16(12)21-10-20-15)7-6-23-27(25,26)14-4-3-11(17)8-13(14)18/h3-4,8-10,23H,2,5-7H2,1H3,(H,19,20,21). The molecule has 0 amide bonds. The Morgan fingerprint density at radius 3 is 2.74 bits per heavy atom. The van der Waals surface area contributed by atoms with Crippen molar-refractivity contribution in [2.45, 2.75) is 24.8 Å². The Balaban J connectivity index is 1.72. The van der Waals surface area contributed by atoms with E-state index in [2.05, 4.69) is 25.1 Å². The Kier molecular flexibility index (Phi) is 5.61. The van der Waals surface area contributed by atoms with Crippen LogP contribution in [0.2, 0.25) is 0 Å². The molecule has 3 rings (SSSR count). The summed E-state index contributed by atoms with van der Waals surface area (Å²) in [6.45, 7) is 2.92. The van der Waals surface area contributed by atoms with E-state index in [9.17, 15) is 17.2 Å². The number of hydrogen-bond acceptors (Lipinski definition) is 6. The van der Waals surface area contributed by atoms with Gasteiger partial charge in [0.1, 0.15) is 28.7 Å². The largest absolute Gasteiger partial charge is 0.369 e. The van der Waals surface area contributed by atoms with Crippen molar-refractivity contribution in [3.05, 3.63) is 42.4 Å². The van der Waals surface area contributed by atoms with Gasteiger partial charge in [0.2, 0.25) is 10.0 Å². The van der Waals surface area contributed by atoms with E-state index < -0.39 is 26.6 Å². The molecule has 11 heteroatoms. The lowest BCUT2D eigenvalue weighted by Crippen LogP contribution is -2.28. The summed E-state index contributed by atoms with van der Waals surface area (Å²) in [5, 5.41) is 8.10. The highest BCUT2D eigenvalue weighted by molar-refractivity contribution is 7.89. The molecule has 27 heavy (non-hydrogen) atoms. The van der Waals surface area contributed by atoms with Gasteiger partial charge in [-0.05, 0) is 18.6 Å². The molecule has 2 aromatic heterocycles. The zero-order chi connectivity index (χ0) is 19.4. The molecule has 0 unspecified atom stereocenters. The lowest BCUT2D eigenvalue weighted by atomic mass is 10.3. The number of anilines is 1. The SMILES string of the molecule is CCCNc1ncnc2c1cnn2CCNS(=O)(=O)c1ccc(F)cc1F. The smallest absolute Gasteiger partial charge is 0.243 e. The minimum absolute atomic E-state index is 0.0440. The fourth-order valence-corrected chi connectivity index (χ4v) is 3.58. The summed E-state index contributed by atoms with van der Waals surface area (Å²) in [5.74, 6) is -1.34. The number of rotatable bonds is 8. The number of aromatic nitrogens is 4. The first kappa shape index (κ1) is 19.1. The Hall–Kier alpha value is -2.66. The predicted molar refractivity (Wildman–Crippen MR) is 95.7 cm³/mol. The first-order valence-corrected chi connectivity index (χ1v) is 9.76. The zero-order valence-corrected chi connectivity index (χ0v) is 15.3. The summed E-state index contributed by atoms with van der Waals surface area (Å²) in [6, 6.07) is 2.30. The second-order valence-electron chi connectivity index (χ2n) is 5.73. The third kappa shape index (κ3) is 4.19. The highest BCUT2D eigenvalue weighted by atomic mass is 32.2. The summed E-state index contributed by atoms with van der Waals surface area (Å²) in [4.78, 5) is 7.74. The van der Waals surface area contributed by atoms with Gasteiger partial charge in [0, 0.05) is 19.2 Å². The van der Waals surface area contributed by atoms with Crippen LogP contribution < -0.4 is 10.0 Å². The van der Waals surface area contributed by atoms with Crippen LogP contribution in [0.4, 0.5) is 14.6 Å². The Labute approximate surface area is 154 Å². The van der Waals surface area contributed by atoms with Gasteiger partial charge in [-0.2, -0.15) is 5.10 Å². The van der Waals surface area contributed by atoms with Crippen LogP contribution in [0.5, 0.6) is 0 Å². The maximum absolute atomic E-state index is 13.7. The average Bonchev–Trinajstić information content (AvgIpc) is 3.03. The molecule has 0 aliphatic carbocycles.